The van der Waals surface area contributed by atoms with E-state index in [1.165, 1.54) is 12.1 Å². The summed E-state index contributed by atoms with van der Waals surface area (Å²) in [5.41, 5.74) is 1.26. The first kappa shape index (κ1) is 7.79. The molecule has 4 heteroatoms. The van der Waals surface area contributed by atoms with Crippen molar-refractivity contribution in [3.8, 4) is 0 Å². The number of benzene rings is 1. The van der Waals surface area contributed by atoms with E-state index in [4.69, 9.17) is 0 Å². The molecule has 1 saturated carbocycles. The zero-order valence-electron chi connectivity index (χ0n) is 7.46. The van der Waals surface area contributed by atoms with Crippen LogP contribution in [0.5, 0.6) is 0 Å². The summed E-state index contributed by atoms with van der Waals surface area (Å²) in [6.45, 7) is 0. The molecule has 0 bridgehead atoms. The Kier molecular flexibility index (Phi) is 1.37. The van der Waals surface area contributed by atoms with E-state index in [-0.39, 0.29) is 11.5 Å². The lowest BCUT2D eigenvalue weighted by molar-refractivity contribution is 0.629. The lowest BCUT2D eigenvalue weighted by atomic mass is 10.3. The highest BCUT2D eigenvalue weighted by Crippen LogP contribution is 2.35. The first-order valence-electron chi connectivity index (χ1n) is 4.65. The third-order valence-corrected chi connectivity index (χ3v) is 2.59. The van der Waals surface area contributed by atoms with E-state index in [1.54, 1.807) is 10.6 Å². The first-order valence-corrected chi connectivity index (χ1v) is 4.65. The molecule has 0 unspecified atom stereocenters. The Morgan fingerprint density at radius 1 is 1.43 bits per heavy atom. The minimum Gasteiger partial charge on any atom is -0.305 e. The zero-order valence-corrected chi connectivity index (χ0v) is 7.46. The second kappa shape index (κ2) is 2.47. The van der Waals surface area contributed by atoms with Crippen molar-refractivity contribution >= 4 is 11.0 Å². The first-order chi connectivity index (χ1) is 6.75. The van der Waals surface area contributed by atoms with Crippen LogP contribution in [0.15, 0.2) is 23.0 Å². The van der Waals surface area contributed by atoms with E-state index in [2.05, 4.69) is 4.98 Å². The molecule has 0 atom stereocenters. The van der Waals surface area contributed by atoms with Crippen molar-refractivity contribution in [2.75, 3.05) is 0 Å². The molecule has 0 amide bonds. The summed E-state index contributed by atoms with van der Waals surface area (Å²) in [4.78, 5) is 14.2. The Labute approximate surface area is 79.2 Å². The fourth-order valence-corrected chi connectivity index (χ4v) is 1.80. The number of imidazole rings is 1. The molecule has 14 heavy (non-hydrogen) atoms. The monoisotopic (exact) mass is 192 g/mol. The van der Waals surface area contributed by atoms with Crippen LogP contribution in [0.2, 0.25) is 0 Å². The minimum absolute atomic E-state index is 0.131. The minimum atomic E-state index is -0.318. The molecule has 3 nitrogen and oxygen atoms in total. The topological polar surface area (TPSA) is 37.8 Å². The fraction of sp³-hybridized carbons (Fsp3) is 0.300. The largest absolute Gasteiger partial charge is 0.326 e. The van der Waals surface area contributed by atoms with Crippen molar-refractivity contribution in [2.45, 2.75) is 18.9 Å². The molecule has 3 rings (SSSR count). The smallest absolute Gasteiger partial charge is 0.305 e. The van der Waals surface area contributed by atoms with Gasteiger partial charge in [-0.1, -0.05) is 0 Å². The number of halogens is 1. The summed E-state index contributed by atoms with van der Waals surface area (Å²) < 4.78 is 14.6. The average Bonchev–Trinajstić information content (AvgIpc) is 2.89. The Morgan fingerprint density at radius 3 is 2.93 bits per heavy atom. The van der Waals surface area contributed by atoms with Gasteiger partial charge in [0.2, 0.25) is 0 Å². The van der Waals surface area contributed by atoms with Gasteiger partial charge in [0, 0.05) is 6.04 Å². The Bertz CT molecular complexity index is 551. The standard InChI is InChI=1S/C10H9FN2O/c11-6-1-4-9-8(5-6)12-10(14)13(9)7-2-3-7/h1,4-5,7H,2-3H2,(H,12,14). The number of H-pyrrole nitrogens is 1. The summed E-state index contributed by atoms with van der Waals surface area (Å²) in [5.74, 6) is -0.318. The molecule has 0 aliphatic heterocycles. The van der Waals surface area contributed by atoms with Gasteiger partial charge in [0.05, 0.1) is 11.0 Å². The van der Waals surface area contributed by atoms with Crippen molar-refractivity contribution in [3.05, 3.63) is 34.5 Å². The molecule has 1 fully saturated rings. The van der Waals surface area contributed by atoms with Gasteiger partial charge in [-0.3, -0.25) is 4.57 Å². The van der Waals surface area contributed by atoms with Crippen LogP contribution in [-0.4, -0.2) is 9.55 Å². The van der Waals surface area contributed by atoms with Crippen LogP contribution in [-0.2, 0) is 0 Å². The van der Waals surface area contributed by atoms with E-state index in [0.29, 0.717) is 11.6 Å². The highest BCUT2D eigenvalue weighted by molar-refractivity contribution is 5.75. The van der Waals surface area contributed by atoms with Crippen LogP contribution in [0.25, 0.3) is 11.0 Å². The van der Waals surface area contributed by atoms with Crippen LogP contribution in [0.4, 0.5) is 4.39 Å². The number of hydrogen-bond donors (Lipinski definition) is 1. The molecule has 1 aromatic carbocycles. The number of hydrogen-bond acceptors (Lipinski definition) is 1. The fourth-order valence-electron chi connectivity index (χ4n) is 1.80. The Morgan fingerprint density at radius 2 is 2.21 bits per heavy atom. The number of nitrogens with zero attached hydrogens (tertiary/aromatic N) is 1. The quantitative estimate of drug-likeness (QED) is 0.735. The van der Waals surface area contributed by atoms with Crippen LogP contribution >= 0.6 is 0 Å². The summed E-state index contributed by atoms with van der Waals surface area (Å²) >= 11 is 0. The molecule has 2 aromatic rings. The molecule has 1 aliphatic carbocycles. The zero-order chi connectivity index (χ0) is 9.71. The van der Waals surface area contributed by atoms with E-state index in [0.717, 1.165) is 18.4 Å². The van der Waals surface area contributed by atoms with Crippen molar-refractivity contribution in [3.63, 3.8) is 0 Å². The van der Waals surface area contributed by atoms with E-state index in [9.17, 15) is 9.18 Å². The SMILES string of the molecule is O=c1[nH]c2cc(F)ccc2n1C1CC1. The summed E-state index contributed by atoms with van der Waals surface area (Å²) in [6, 6.07) is 4.71. The third kappa shape index (κ3) is 0.999. The van der Waals surface area contributed by atoms with Gasteiger partial charge in [-0.05, 0) is 31.0 Å². The second-order valence-corrected chi connectivity index (χ2v) is 3.69. The van der Waals surface area contributed by atoms with Gasteiger partial charge in [-0.2, -0.15) is 0 Å². The number of aromatic amines is 1. The second-order valence-electron chi connectivity index (χ2n) is 3.69. The summed E-state index contributed by atoms with van der Waals surface area (Å²) in [7, 11) is 0. The molecule has 72 valence electrons. The lowest BCUT2D eigenvalue weighted by Gasteiger charge is -1.98. The maximum atomic E-state index is 12.9. The molecule has 0 spiro atoms. The number of rotatable bonds is 1. The van der Waals surface area contributed by atoms with Gasteiger partial charge < -0.3 is 4.98 Å². The summed E-state index contributed by atoms with van der Waals surface area (Å²) in [6.07, 6.45) is 2.09. The van der Waals surface area contributed by atoms with Gasteiger partial charge in [0.15, 0.2) is 0 Å². The number of aromatic nitrogens is 2. The Balaban J connectivity index is 2.37. The predicted molar refractivity (Wildman–Crippen MR) is 50.8 cm³/mol. The predicted octanol–water partition coefficient (Wildman–Crippen LogP) is 1.80. The molecule has 0 radical (unpaired) electrons. The maximum absolute atomic E-state index is 12.9. The maximum Gasteiger partial charge on any atom is 0.326 e. The van der Waals surface area contributed by atoms with E-state index < -0.39 is 0 Å². The van der Waals surface area contributed by atoms with Crippen LogP contribution in [0.1, 0.15) is 18.9 Å². The Hall–Kier alpha value is -1.58. The normalized spacial score (nSPS) is 16.4. The van der Waals surface area contributed by atoms with Gasteiger partial charge in [-0.25, -0.2) is 9.18 Å². The van der Waals surface area contributed by atoms with Crippen molar-refractivity contribution in [1.29, 1.82) is 0 Å². The number of nitrogens with one attached hydrogen (secondary N) is 1. The van der Waals surface area contributed by atoms with Gasteiger partial charge in [0.1, 0.15) is 5.82 Å². The van der Waals surface area contributed by atoms with E-state index in [1.807, 2.05) is 0 Å². The van der Waals surface area contributed by atoms with Crippen molar-refractivity contribution in [2.24, 2.45) is 0 Å². The van der Waals surface area contributed by atoms with Crippen LogP contribution < -0.4 is 5.69 Å². The van der Waals surface area contributed by atoms with E-state index >= 15 is 0 Å². The molecule has 0 saturated heterocycles. The lowest BCUT2D eigenvalue weighted by Crippen LogP contribution is -2.14. The third-order valence-electron chi connectivity index (χ3n) is 2.59. The molecule has 1 N–H and O–H groups in total. The molecular formula is C10H9FN2O. The van der Waals surface area contributed by atoms with Crippen LogP contribution in [0.3, 0.4) is 0 Å². The molecule has 1 aromatic heterocycles. The average molecular weight is 192 g/mol. The molecule has 1 heterocycles. The molecule has 1 aliphatic rings. The number of fused-ring (bicyclic) bond motifs is 1. The van der Waals surface area contributed by atoms with Crippen molar-refractivity contribution < 1.29 is 4.39 Å². The van der Waals surface area contributed by atoms with Gasteiger partial charge >= 0.3 is 5.69 Å². The van der Waals surface area contributed by atoms with Gasteiger partial charge in [-0.15, -0.1) is 0 Å². The molecular weight excluding hydrogens is 183 g/mol. The summed E-state index contributed by atoms with van der Waals surface area (Å²) in [5, 5.41) is 0. The highest BCUT2D eigenvalue weighted by Gasteiger charge is 2.27. The van der Waals surface area contributed by atoms with Crippen molar-refractivity contribution in [1.82, 2.24) is 9.55 Å². The van der Waals surface area contributed by atoms with Crippen LogP contribution in [0, 0.1) is 5.82 Å². The highest BCUT2D eigenvalue weighted by atomic mass is 19.1. The van der Waals surface area contributed by atoms with Gasteiger partial charge in [0.25, 0.3) is 0 Å².